The Kier molecular flexibility index (Phi) is 6.56. The first kappa shape index (κ1) is 22.5. The third-order valence-electron chi connectivity index (χ3n) is 4.58. The summed E-state index contributed by atoms with van der Waals surface area (Å²) in [6.45, 7) is 1.24. The highest BCUT2D eigenvalue weighted by atomic mass is 35.5. The molecule has 0 spiro atoms. The molecule has 2 aromatic rings. The van der Waals surface area contributed by atoms with Crippen LogP contribution in [0.1, 0.15) is 24.1 Å². The summed E-state index contributed by atoms with van der Waals surface area (Å²) in [5.41, 5.74) is -1.23. The molecule has 1 atom stereocenters. The lowest BCUT2D eigenvalue weighted by molar-refractivity contribution is -0.385. The van der Waals surface area contributed by atoms with Gasteiger partial charge in [0.1, 0.15) is 11.6 Å². The quantitative estimate of drug-likeness (QED) is 0.382. The molecule has 0 radical (unpaired) electrons. The summed E-state index contributed by atoms with van der Waals surface area (Å²) in [4.78, 5) is 48.1. The van der Waals surface area contributed by atoms with Crippen molar-refractivity contribution in [2.45, 2.75) is 19.5 Å². The van der Waals surface area contributed by atoms with E-state index >= 15 is 0 Å². The highest BCUT2D eigenvalue weighted by Gasteiger charge is 2.34. The number of amides is 2. The number of nitrogens with zero attached hydrogens (tertiary/aromatic N) is 3. The first-order chi connectivity index (χ1) is 15.2. The molecule has 0 saturated heterocycles. The van der Waals surface area contributed by atoms with Crippen LogP contribution < -0.4 is 16.2 Å². The van der Waals surface area contributed by atoms with Gasteiger partial charge in [-0.1, -0.05) is 23.7 Å². The van der Waals surface area contributed by atoms with Crippen molar-refractivity contribution in [1.82, 2.24) is 15.2 Å². The maximum atomic E-state index is 12.8. The van der Waals surface area contributed by atoms with Gasteiger partial charge in [0.05, 0.1) is 41.6 Å². The number of benzene rings is 1. The van der Waals surface area contributed by atoms with Crippen LogP contribution in [0.4, 0.5) is 10.5 Å². The highest BCUT2D eigenvalue weighted by molar-refractivity contribution is 6.30. The Balaban J connectivity index is 2.18. The zero-order chi connectivity index (χ0) is 23.4. The van der Waals surface area contributed by atoms with Crippen LogP contribution in [0.15, 0.2) is 52.6 Å². The molecule has 0 saturated carbocycles. The number of rotatable bonds is 6. The molecule has 0 bridgehead atoms. The number of allylic oxidation sites excluding steroid dienone is 1. The number of halogens is 1. The Morgan fingerprint density at radius 1 is 1.34 bits per heavy atom. The topological polar surface area (TPSA) is 156 Å². The molecule has 11 nitrogen and oxygen atoms in total. The SMILES string of the molecule is CCOC(=O)C1=C(Cn2cc([N+](=O)[O-])cc(C#N)c2=O)NC(=O)NC1c1ccc(Cl)cc1. The number of hydrogen-bond acceptors (Lipinski definition) is 7. The number of urea groups is 1. The molecule has 32 heavy (non-hydrogen) atoms. The van der Waals surface area contributed by atoms with Crippen molar-refractivity contribution >= 4 is 29.3 Å². The van der Waals surface area contributed by atoms with Crippen molar-refractivity contribution in [3.8, 4) is 6.07 Å². The van der Waals surface area contributed by atoms with Crippen molar-refractivity contribution < 1.29 is 19.2 Å². The van der Waals surface area contributed by atoms with Crippen LogP contribution in [0.25, 0.3) is 0 Å². The number of ether oxygens (including phenoxy) is 1. The van der Waals surface area contributed by atoms with E-state index < -0.39 is 46.3 Å². The van der Waals surface area contributed by atoms with Gasteiger partial charge in [0, 0.05) is 11.1 Å². The molecule has 1 aromatic heterocycles. The Morgan fingerprint density at radius 3 is 2.62 bits per heavy atom. The zero-order valence-corrected chi connectivity index (χ0v) is 17.4. The Labute approximate surface area is 186 Å². The van der Waals surface area contributed by atoms with Crippen LogP contribution in [0, 0.1) is 21.4 Å². The van der Waals surface area contributed by atoms with Crippen LogP contribution in [0.5, 0.6) is 0 Å². The van der Waals surface area contributed by atoms with E-state index in [1.54, 1.807) is 37.3 Å². The Bertz CT molecular complexity index is 1230. The van der Waals surface area contributed by atoms with Crippen LogP contribution in [-0.2, 0) is 16.1 Å². The lowest BCUT2D eigenvalue weighted by Gasteiger charge is -2.29. The molecule has 1 unspecified atom stereocenters. The van der Waals surface area contributed by atoms with E-state index in [2.05, 4.69) is 10.6 Å². The summed E-state index contributed by atoms with van der Waals surface area (Å²) in [5.74, 6) is -0.756. The molecule has 0 fully saturated rings. The van der Waals surface area contributed by atoms with E-state index in [9.17, 15) is 24.5 Å². The van der Waals surface area contributed by atoms with Gasteiger partial charge in [0.15, 0.2) is 0 Å². The number of nitro groups is 1. The van der Waals surface area contributed by atoms with Crippen LogP contribution >= 0.6 is 11.6 Å². The molecule has 164 valence electrons. The number of carbonyl (C=O) groups is 2. The minimum Gasteiger partial charge on any atom is -0.463 e. The molecule has 3 rings (SSSR count). The molecule has 1 aromatic carbocycles. The molecule has 12 heteroatoms. The summed E-state index contributed by atoms with van der Waals surface area (Å²) in [6, 6.07) is 7.27. The largest absolute Gasteiger partial charge is 0.463 e. The Morgan fingerprint density at radius 2 is 2.03 bits per heavy atom. The summed E-state index contributed by atoms with van der Waals surface area (Å²) in [7, 11) is 0. The minimum absolute atomic E-state index is 0.00126. The number of carbonyl (C=O) groups excluding carboxylic acids is 2. The van der Waals surface area contributed by atoms with Gasteiger partial charge in [0.2, 0.25) is 0 Å². The van der Waals surface area contributed by atoms with Gasteiger partial charge in [-0.25, -0.2) is 9.59 Å². The fraction of sp³-hybridized carbons (Fsp3) is 0.200. The number of pyridine rings is 1. The van der Waals surface area contributed by atoms with Gasteiger partial charge < -0.3 is 19.9 Å². The van der Waals surface area contributed by atoms with Crippen LogP contribution in [0.3, 0.4) is 0 Å². The van der Waals surface area contributed by atoms with Crippen molar-refractivity contribution in [2.24, 2.45) is 0 Å². The third-order valence-corrected chi connectivity index (χ3v) is 4.84. The molecule has 2 heterocycles. The highest BCUT2D eigenvalue weighted by Crippen LogP contribution is 2.29. The first-order valence-electron chi connectivity index (χ1n) is 9.27. The lowest BCUT2D eigenvalue weighted by atomic mass is 9.95. The lowest BCUT2D eigenvalue weighted by Crippen LogP contribution is -2.47. The second-order valence-electron chi connectivity index (χ2n) is 6.61. The molecule has 2 N–H and O–H groups in total. The van der Waals surface area contributed by atoms with Gasteiger partial charge in [-0.05, 0) is 24.6 Å². The summed E-state index contributed by atoms with van der Waals surface area (Å²) < 4.78 is 6.02. The van der Waals surface area contributed by atoms with Gasteiger partial charge in [0.25, 0.3) is 11.2 Å². The van der Waals surface area contributed by atoms with E-state index in [0.29, 0.717) is 10.6 Å². The van der Waals surface area contributed by atoms with E-state index in [4.69, 9.17) is 21.6 Å². The van der Waals surface area contributed by atoms with Crippen molar-refractivity contribution in [3.63, 3.8) is 0 Å². The monoisotopic (exact) mass is 457 g/mol. The van der Waals surface area contributed by atoms with Gasteiger partial charge in [-0.2, -0.15) is 5.26 Å². The van der Waals surface area contributed by atoms with Crippen LogP contribution in [-0.4, -0.2) is 28.1 Å². The molecule has 2 amide bonds. The molecular weight excluding hydrogens is 442 g/mol. The average Bonchev–Trinajstić information content (AvgIpc) is 2.75. The van der Waals surface area contributed by atoms with E-state index in [1.807, 2.05) is 0 Å². The van der Waals surface area contributed by atoms with Gasteiger partial charge in [-0.15, -0.1) is 0 Å². The number of esters is 1. The predicted octanol–water partition coefficient (Wildman–Crippen LogP) is 2.15. The molecule has 0 aliphatic carbocycles. The summed E-state index contributed by atoms with van der Waals surface area (Å²) >= 11 is 5.93. The standard InChI is InChI=1S/C20H16ClN5O6/c1-2-32-19(28)16-15(10-25-9-14(26(30)31)7-12(8-22)18(25)27)23-20(29)24-17(16)11-3-5-13(21)6-4-11/h3-7,9,17H,2,10H2,1H3,(H2,23,24,29). The molecule has 1 aliphatic heterocycles. The minimum atomic E-state index is -0.931. The summed E-state index contributed by atoms with van der Waals surface area (Å²) in [6.07, 6.45) is 0.935. The van der Waals surface area contributed by atoms with Crippen molar-refractivity contribution in [2.75, 3.05) is 6.61 Å². The Hall–Kier alpha value is -4.17. The fourth-order valence-electron chi connectivity index (χ4n) is 3.19. The maximum Gasteiger partial charge on any atom is 0.338 e. The fourth-order valence-corrected chi connectivity index (χ4v) is 3.31. The maximum absolute atomic E-state index is 12.8. The van der Waals surface area contributed by atoms with Gasteiger partial charge >= 0.3 is 12.0 Å². The predicted molar refractivity (Wildman–Crippen MR) is 112 cm³/mol. The zero-order valence-electron chi connectivity index (χ0n) is 16.6. The van der Waals surface area contributed by atoms with E-state index in [0.717, 1.165) is 16.8 Å². The number of aromatic nitrogens is 1. The third kappa shape index (κ3) is 4.60. The first-order valence-corrected chi connectivity index (χ1v) is 9.65. The van der Waals surface area contributed by atoms with Crippen molar-refractivity contribution in [1.29, 1.82) is 5.26 Å². The number of nitrogens with one attached hydrogen (secondary N) is 2. The summed E-state index contributed by atoms with van der Waals surface area (Å²) in [5, 5.41) is 25.9. The van der Waals surface area contributed by atoms with Crippen molar-refractivity contribution in [3.05, 3.63) is 84.4 Å². The van der Waals surface area contributed by atoms with E-state index in [-0.39, 0.29) is 17.9 Å². The smallest absolute Gasteiger partial charge is 0.338 e. The molecule has 1 aliphatic rings. The van der Waals surface area contributed by atoms with Crippen LogP contribution in [0.2, 0.25) is 5.02 Å². The van der Waals surface area contributed by atoms with Gasteiger partial charge in [-0.3, -0.25) is 14.9 Å². The van der Waals surface area contributed by atoms with E-state index in [1.165, 1.54) is 0 Å². The second-order valence-corrected chi connectivity index (χ2v) is 7.05. The number of nitriles is 1. The second kappa shape index (κ2) is 9.32. The average molecular weight is 458 g/mol. The molecular formula is C20H16ClN5O6. The number of hydrogen-bond donors (Lipinski definition) is 2. The normalized spacial score (nSPS) is 15.4.